The lowest BCUT2D eigenvalue weighted by atomic mass is 9.92. The van der Waals surface area contributed by atoms with E-state index in [1.165, 1.54) is 6.08 Å². The van der Waals surface area contributed by atoms with Crippen molar-refractivity contribution in [2.75, 3.05) is 6.61 Å². The normalized spacial score (nSPS) is 27.5. The average Bonchev–Trinajstić information content (AvgIpc) is 3.01. The molecule has 0 radical (unpaired) electrons. The molecule has 1 fully saturated rings. The van der Waals surface area contributed by atoms with E-state index in [0.717, 1.165) is 0 Å². The molecule has 0 bridgehead atoms. The predicted molar refractivity (Wildman–Crippen MR) is 87.8 cm³/mol. The maximum absolute atomic E-state index is 12.1. The van der Waals surface area contributed by atoms with E-state index >= 15 is 0 Å². The second-order valence-electron chi connectivity index (χ2n) is 5.70. The van der Waals surface area contributed by atoms with E-state index in [1.807, 2.05) is 0 Å². The van der Waals surface area contributed by atoms with Crippen molar-refractivity contribution in [3.63, 3.8) is 0 Å². The van der Waals surface area contributed by atoms with Gasteiger partial charge in [0, 0.05) is 18.8 Å². The number of aromatic nitrogens is 2. The summed E-state index contributed by atoms with van der Waals surface area (Å²) in [5.74, 6) is 8.69. The highest BCUT2D eigenvalue weighted by Gasteiger charge is 2.42. The van der Waals surface area contributed by atoms with Crippen LogP contribution in [0, 0.1) is 29.6 Å². The molecule has 1 aromatic rings. The second-order valence-corrected chi connectivity index (χ2v) is 5.70. The number of ether oxygens (including phenoxy) is 1. The Bertz CT molecular complexity index is 860. The Morgan fingerprint density at radius 2 is 1.96 bits per heavy atom. The molecule has 4 atom stereocenters. The minimum atomic E-state index is -0.866. The van der Waals surface area contributed by atoms with E-state index in [9.17, 15) is 14.7 Å². The number of imide groups is 1. The van der Waals surface area contributed by atoms with Gasteiger partial charge in [-0.25, -0.2) is 9.97 Å². The molecule has 4 unspecified atom stereocenters. The topological polar surface area (TPSA) is 122 Å². The molecule has 132 valence electrons. The van der Waals surface area contributed by atoms with E-state index in [2.05, 4.69) is 39.0 Å². The first-order valence-corrected chi connectivity index (χ1v) is 7.89. The number of hydrogen-bond donors (Lipinski definition) is 3. The molecule has 2 aliphatic heterocycles. The monoisotopic (exact) mass is 353 g/mol. The van der Waals surface area contributed by atoms with Crippen molar-refractivity contribution in [3.8, 4) is 23.7 Å². The standard InChI is InChI=1S/C18H15N3O5/c22-10-15-13(23)9-14(26-15)12-8-11(17(24)21-18(12)25)4-1-2-5-16-19-6-3-7-20-16/h3,6-8,12-15,22-23H,9-10H2,(H,21,24,25). The molecular formula is C18H15N3O5. The Balaban J connectivity index is 1.77. The molecule has 3 heterocycles. The van der Waals surface area contributed by atoms with Crippen LogP contribution in [0.2, 0.25) is 0 Å². The van der Waals surface area contributed by atoms with Crippen molar-refractivity contribution in [2.24, 2.45) is 5.92 Å². The summed E-state index contributed by atoms with van der Waals surface area (Å²) in [5, 5.41) is 21.2. The number of nitrogens with one attached hydrogen (secondary N) is 1. The van der Waals surface area contributed by atoms with Crippen molar-refractivity contribution in [1.29, 1.82) is 0 Å². The van der Waals surface area contributed by atoms with Crippen LogP contribution in [0.4, 0.5) is 0 Å². The third kappa shape index (κ3) is 3.95. The molecular weight excluding hydrogens is 338 g/mol. The molecule has 0 aromatic carbocycles. The molecule has 3 N–H and O–H groups in total. The molecule has 8 heteroatoms. The first-order chi connectivity index (χ1) is 12.6. The van der Waals surface area contributed by atoms with Crippen LogP contribution in [0.1, 0.15) is 12.2 Å². The van der Waals surface area contributed by atoms with Gasteiger partial charge in [-0.05, 0) is 35.8 Å². The molecule has 0 spiro atoms. The molecule has 1 aromatic heterocycles. The zero-order valence-electron chi connectivity index (χ0n) is 13.5. The zero-order valence-corrected chi connectivity index (χ0v) is 13.5. The number of nitrogens with zero attached hydrogens (tertiary/aromatic N) is 2. The summed E-state index contributed by atoms with van der Waals surface area (Å²) in [5.41, 5.74) is 0.0865. The van der Waals surface area contributed by atoms with Gasteiger partial charge in [-0.1, -0.05) is 0 Å². The van der Waals surface area contributed by atoms with Crippen molar-refractivity contribution in [1.82, 2.24) is 15.3 Å². The van der Waals surface area contributed by atoms with Gasteiger partial charge in [0.25, 0.3) is 5.91 Å². The van der Waals surface area contributed by atoms with Crippen LogP contribution in [0.3, 0.4) is 0 Å². The Morgan fingerprint density at radius 3 is 2.65 bits per heavy atom. The van der Waals surface area contributed by atoms with Crippen LogP contribution < -0.4 is 5.32 Å². The fraction of sp³-hybridized carbons (Fsp3) is 0.333. The highest BCUT2D eigenvalue weighted by molar-refractivity contribution is 6.11. The molecule has 2 aliphatic rings. The van der Waals surface area contributed by atoms with Gasteiger partial charge in [-0.2, -0.15) is 0 Å². The first-order valence-electron chi connectivity index (χ1n) is 7.89. The Morgan fingerprint density at radius 1 is 1.23 bits per heavy atom. The van der Waals surface area contributed by atoms with Gasteiger partial charge in [0.05, 0.1) is 30.3 Å². The van der Waals surface area contributed by atoms with Crippen molar-refractivity contribution in [3.05, 3.63) is 35.9 Å². The van der Waals surface area contributed by atoms with Gasteiger partial charge in [-0.15, -0.1) is 0 Å². The van der Waals surface area contributed by atoms with Crippen LogP contribution in [0.15, 0.2) is 30.1 Å². The number of amides is 2. The third-order valence-corrected chi connectivity index (χ3v) is 3.96. The Labute approximate surface area is 149 Å². The lowest BCUT2D eigenvalue weighted by molar-refractivity contribution is -0.134. The van der Waals surface area contributed by atoms with Gasteiger partial charge in [0.1, 0.15) is 6.10 Å². The molecule has 0 saturated carbocycles. The Kier molecular flexibility index (Phi) is 5.40. The van der Waals surface area contributed by atoms with Gasteiger partial charge in [0.2, 0.25) is 11.7 Å². The molecule has 0 aliphatic carbocycles. The first kappa shape index (κ1) is 17.8. The number of carbonyl (C=O) groups is 2. The van der Waals surface area contributed by atoms with Gasteiger partial charge in [-0.3, -0.25) is 14.9 Å². The van der Waals surface area contributed by atoms with Crippen molar-refractivity contribution in [2.45, 2.75) is 24.7 Å². The SMILES string of the molecule is O=C1NC(=O)C(C2CC(O)C(CO)O2)C=C1C#CC#Cc1ncccn1. The summed E-state index contributed by atoms with van der Waals surface area (Å²) in [6, 6.07) is 1.66. The molecule has 2 amide bonds. The second kappa shape index (κ2) is 7.89. The fourth-order valence-electron chi connectivity index (χ4n) is 2.67. The van der Waals surface area contributed by atoms with E-state index in [-0.39, 0.29) is 18.6 Å². The molecule has 8 nitrogen and oxygen atoms in total. The van der Waals surface area contributed by atoms with Crippen molar-refractivity contribution < 1.29 is 24.5 Å². The lowest BCUT2D eigenvalue weighted by Gasteiger charge is -2.23. The number of carbonyl (C=O) groups excluding carboxylic acids is 2. The predicted octanol–water partition coefficient (Wildman–Crippen LogP) is -1.46. The van der Waals surface area contributed by atoms with Crippen molar-refractivity contribution >= 4 is 11.8 Å². The van der Waals surface area contributed by atoms with Gasteiger partial charge in [0.15, 0.2) is 0 Å². The number of aliphatic hydroxyl groups excluding tert-OH is 2. The van der Waals surface area contributed by atoms with Crippen LogP contribution in [0.25, 0.3) is 0 Å². The number of rotatable bonds is 2. The summed E-state index contributed by atoms with van der Waals surface area (Å²) < 4.78 is 5.49. The maximum atomic E-state index is 12.1. The fourth-order valence-corrected chi connectivity index (χ4v) is 2.67. The van der Waals surface area contributed by atoms with E-state index in [4.69, 9.17) is 9.84 Å². The summed E-state index contributed by atoms with van der Waals surface area (Å²) >= 11 is 0. The minimum absolute atomic E-state index is 0.0865. The number of hydrogen-bond acceptors (Lipinski definition) is 7. The Hall–Kier alpha value is -3.04. The third-order valence-electron chi connectivity index (χ3n) is 3.96. The van der Waals surface area contributed by atoms with E-state index < -0.39 is 36.0 Å². The van der Waals surface area contributed by atoms with E-state index in [0.29, 0.717) is 5.82 Å². The van der Waals surface area contributed by atoms with Crippen LogP contribution >= 0.6 is 0 Å². The highest BCUT2D eigenvalue weighted by atomic mass is 16.5. The number of aliphatic hydroxyl groups is 2. The maximum Gasteiger partial charge on any atom is 0.266 e. The largest absolute Gasteiger partial charge is 0.394 e. The summed E-state index contributed by atoms with van der Waals surface area (Å²) in [6.07, 6.45) is 2.43. The van der Waals surface area contributed by atoms with Crippen LogP contribution in [-0.2, 0) is 14.3 Å². The molecule has 3 rings (SSSR count). The van der Waals surface area contributed by atoms with Gasteiger partial charge < -0.3 is 14.9 Å². The average molecular weight is 353 g/mol. The van der Waals surface area contributed by atoms with Gasteiger partial charge >= 0.3 is 0 Å². The molecule has 26 heavy (non-hydrogen) atoms. The zero-order chi connectivity index (χ0) is 18.5. The summed E-state index contributed by atoms with van der Waals surface area (Å²) in [4.78, 5) is 31.8. The molecule has 1 saturated heterocycles. The smallest absolute Gasteiger partial charge is 0.266 e. The quantitative estimate of drug-likeness (QED) is 0.439. The van der Waals surface area contributed by atoms with Crippen LogP contribution in [0.5, 0.6) is 0 Å². The summed E-state index contributed by atoms with van der Waals surface area (Å²) in [7, 11) is 0. The lowest BCUT2D eigenvalue weighted by Crippen LogP contribution is -2.44. The minimum Gasteiger partial charge on any atom is -0.394 e. The highest BCUT2D eigenvalue weighted by Crippen LogP contribution is 2.28. The van der Waals surface area contributed by atoms with Crippen LogP contribution in [-0.4, -0.2) is 56.9 Å². The van der Waals surface area contributed by atoms with E-state index in [1.54, 1.807) is 18.5 Å². The summed E-state index contributed by atoms with van der Waals surface area (Å²) in [6.45, 7) is -0.349.